The molecule has 2 rings (SSSR count). The largest absolute Gasteiger partial charge is 0.508 e. The highest BCUT2D eigenvalue weighted by molar-refractivity contribution is 5.69. The molecule has 0 unspecified atom stereocenters. The van der Waals surface area contributed by atoms with Crippen LogP contribution in [0.15, 0.2) is 48.5 Å². The summed E-state index contributed by atoms with van der Waals surface area (Å²) in [5.74, 6) is 0.0409. The fourth-order valence-electron chi connectivity index (χ4n) is 2.22. The molecule has 0 saturated heterocycles. The first-order valence-corrected chi connectivity index (χ1v) is 7.31. The zero-order chi connectivity index (χ0) is 15.8. The number of methoxy groups -OCH3 is 1. The Balaban J connectivity index is 1.90. The van der Waals surface area contributed by atoms with Crippen LogP contribution in [0.1, 0.15) is 23.1 Å². The van der Waals surface area contributed by atoms with Gasteiger partial charge in [0.1, 0.15) is 5.75 Å². The Hall–Kier alpha value is -2.33. The van der Waals surface area contributed by atoms with E-state index in [0.717, 1.165) is 17.7 Å². The first kappa shape index (κ1) is 16.0. The zero-order valence-corrected chi connectivity index (χ0v) is 12.7. The normalized spacial score (nSPS) is 10.4. The fourth-order valence-corrected chi connectivity index (χ4v) is 2.22. The number of rotatable bonds is 7. The maximum Gasteiger partial charge on any atom is 0.305 e. The first-order valence-electron chi connectivity index (χ1n) is 7.31. The second-order valence-corrected chi connectivity index (χ2v) is 5.13. The van der Waals surface area contributed by atoms with Crippen LogP contribution in [0.2, 0.25) is 0 Å². The van der Waals surface area contributed by atoms with E-state index in [1.807, 2.05) is 30.3 Å². The van der Waals surface area contributed by atoms with Crippen molar-refractivity contribution in [2.75, 3.05) is 7.11 Å². The van der Waals surface area contributed by atoms with E-state index in [2.05, 4.69) is 22.2 Å². The van der Waals surface area contributed by atoms with Crippen molar-refractivity contribution in [2.24, 2.45) is 0 Å². The van der Waals surface area contributed by atoms with Crippen LogP contribution in [0.4, 0.5) is 0 Å². The molecule has 0 amide bonds. The van der Waals surface area contributed by atoms with Crippen LogP contribution in [0, 0.1) is 0 Å². The van der Waals surface area contributed by atoms with Gasteiger partial charge >= 0.3 is 5.97 Å². The van der Waals surface area contributed by atoms with Gasteiger partial charge in [-0.25, -0.2) is 0 Å². The molecule has 0 aliphatic carbocycles. The number of aromatic hydroxyl groups is 1. The molecule has 0 aliphatic heterocycles. The van der Waals surface area contributed by atoms with Crippen molar-refractivity contribution in [3.63, 3.8) is 0 Å². The van der Waals surface area contributed by atoms with E-state index < -0.39 is 0 Å². The Labute approximate surface area is 130 Å². The number of aryl methyl sites for hydroxylation is 1. The number of nitrogens with one attached hydrogen (secondary N) is 1. The third kappa shape index (κ3) is 4.90. The van der Waals surface area contributed by atoms with Crippen molar-refractivity contribution in [1.29, 1.82) is 0 Å². The van der Waals surface area contributed by atoms with Crippen LogP contribution in [-0.4, -0.2) is 18.2 Å². The van der Waals surface area contributed by atoms with Crippen LogP contribution in [-0.2, 0) is 29.0 Å². The Morgan fingerprint density at radius 2 is 1.86 bits per heavy atom. The van der Waals surface area contributed by atoms with Gasteiger partial charge in [0.05, 0.1) is 7.11 Å². The van der Waals surface area contributed by atoms with Crippen molar-refractivity contribution in [3.8, 4) is 5.75 Å². The number of esters is 1. The fraction of sp³-hybridized carbons (Fsp3) is 0.278. The summed E-state index contributed by atoms with van der Waals surface area (Å²) in [7, 11) is 1.39. The molecule has 2 aromatic carbocycles. The molecule has 2 N–H and O–H groups in total. The Morgan fingerprint density at radius 1 is 1.09 bits per heavy atom. The average Bonchev–Trinajstić information content (AvgIpc) is 2.56. The molecule has 0 radical (unpaired) electrons. The predicted octanol–water partition coefficient (Wildman–Crippen LogP) is 2.79. The lowest BCUT2D eigenvalue weighted by Gasteiger charge is -2.09. The Morgan fingerprint density at radius 3 is 2.59 bits per heavy atom. The van der Waals surface area contributed by atoms with E-state index in [0.29, 0.717) is 19.4 Å². The van der Waals surface area contributed by atoms with Crippen LogP contribution < -0.4 is 5.32 Å². The molecule has 0 aliphatic rings. The molecule has 0 aromatic heterocycles. The van der Waals surface area contributed by atoms with Crippen LogP contribution in [0.3, 0.4) is 0 Å². The van der Waals surface area contributed by atoms with E-state index in [9.17, 15) is 9.90 Å². The van der Waals surface area contributed by atoms with Crippen molar-refractivity contribution < 1.29 is 14.6 Å². The summed E-state index contributed by atoms with van der Waals surface area (Å²) >= 11 is 0. The van der Waals surface area contributed by atoms with Crippen molar-refractivity contribution in [3.05, 3.63) is 65.2 Å². The molecule has 0 fully saturated rings. The van der Waals surface area contributed by atoms with Gasteiger partial charge in [-0.3, -0.25) is 4.79 Å². The van der Waals surface area contributed by atoms with Crippen molar-refractivity contribution >= 4 is 5.97 Å². The average molecular weight is 299 g/mol. The van der Waals surface area contributed by atoms with Crippen LogP contribution in [0.5, 0.6) is 5.75 Å². The van der Waals surface area contributed by atoms with E-state index in [4.69, 9.17) is 0 Å². The highest BCUT2D eigenvalue weighted by Gasteiger charge is 2.06. The lowest BCUT2D eigenvalue weighted by Crippen LogP contribution is -2.13. The Kier molecular flexibility index (Phi) is 5.98. The van der Waals surface area contributed by atoms with Gasteiger partial charge in [0, 0.05) is 25.1 Å². The molecule has 116 valence electrons. The lowest BCUT2D eigenvalue weighted by atomic mass is 10.1. The second-order valence-electron chi connectivity index (χ2n) is 5.13. The minimum absolute atomic E-state index is 0.225. The van der Waals surface area contributed by atoms with Gasteiger partial charge in [0.2, 0.25) is 0 Å². The van der Waals surface area contributed by atoms with Crippen molar-refractivity contribution in [2.45, 2.75) is 25.9 Å². The van der Waals surface area contributed by atoms with Gasteiger partial charge in [-0.2, -0.15) is 0 Å². The molecule has 0 saturated carbocycles. The highest BCUT2D eigenvalue weighted by Crippen LogP contribution is 2.19. The quantitative estimate of drug-likeness (QED) is 0.772. The summed E-state index contributed by atoms with van der Waals surface area (Å²) in [6.45, 7) is 1.32. The maximum atomic E-state index is 11.2. The number of hydrogen-bond acceptors (Lipinski definition) is 4. The minimum atomic E-state index is -0.225. The molecule has 0 bridgehead atoms. The summed E-state index contributed by atoms with van der Waals surface area (Å²) < 4.78 is 4.64. The number of phenols is 1. The third-order valence-corrected chi connectivity index (χ3v) is 3.48. The number of ether oxygens (including phenoxy) is 1. The van der Waals surface area contributed by atoms with E-state index in [1.165, 1.54) is 12.7 Å². The smallest absolute Gasteiger partial charge is 0.305 e. The second kappa shape index (κ2) is 8.20. The van der Waals surface area contributed by atoms with Gasteiger partial charge in [0.15, 0.2) is 0 Å². The van der Waals surface area contributed by atoms with E-state index in [1.54, 1.807) is 6.07 Å². The molecular weight excluding hydrogens is 278 g/mol. The van der Waals surface area contributed by atoms with Gasteiger partial charge in [-0.15, -0.1) is 0 Å². The molecule has 0 atom stereocenters. The van der Waals surface area contributed by atoms with Crippen LogP contribution >= 0.6 is 0 Å². The number of phenolic OH excluding ortho intramolecular Hbond substituents is 1. The first-order chi connectivity index (χ1) is 10.7. The molecule has 2 aromatic rings. The van der Waals surface area contributed by atoms with Crippen LogP contribution in [0.25, 0.3) is 0 Å². The zero-order valence-electron chi connectivity index (χ0n) is 12.7. The summed E-state index contributed by atoms with van der Waals surface area (Å²) in [5, 5.41) is 13.2. The topological polar surface area (TPSA) is 58.6 Å². The molecule has 0 heterocycles. The maximum absolute atomic E-state index is 11.2. The number of hydrogen-bond donors (Lipinski definition) is 2. The third-order valence-electron chi connectivity index (χ3n) is 3.48. The predicted molar refractivity (Wildman–Crippen MR) is 85.4 cm³/mol. The molecule has 22 heavy (non-hydrogen) atoms. The molecule has 4 nitrogen and oxygen atoms in total. The van der Waals surface area contributed by atoms with E-state index >= 15 is 0 Å². The summed E-state index contributed by atoms with van der Waals surface area (Å²) in [6, 6.07) is 15.5. The molecular formula is C18H21NO3. The molecule has 0 spiro atoms. The molecule has 4 heteroatoms. The Bertz CT molecular complexity index is 611. The lowest BCUT2D eigenvalue weighted by molar-refractivity contribution is -0.140. The summed E-state index contributed by atoms with van der Waals surface area (Å²) in [5.41, 5.74) is 3.04. The monoisotopic (exact) mass is 299 g/mol. The van der Waals surface area contributed by atoms with Gasteiger partial charge in [0.25, 0.3) is 0 Å². The minimum Gasteiger partial charge on any atom is -0.508 e. The van der Waals surface area contributed by atoms with E-state index in [-0.39, 0.29) is 11.7 Å². The number of carbonyl (C=O) groups excluding carboxylic acids is 1. The van der Waals surface area contributed by atoms with Crippen molar-refractivity contribution in [1.82, 2.24) is 5.32 Å². The van der Waals surface area contributed by atoms with Gasteiger partial charge < -0.3 is 15.2 Å². The summed E-state index contributed by atoms with van der Waals surface area (Å²) in [6.07, 6.45) is 0.955. The summed E-state index contributed by atoms with van der Waals surface area (Å²) in [4.78, 5) is 11.2. The highest BCUT2D eigenvalue weighted by atomic mass is 16.5. The number of benzene rings is 2. The SMILES string of the molecule is COC(=O)CCc1ccc(O)c(CNCc2ccccc2)c1. The number of carbonyl (C=O) groups is 1. The van der Waals surface area contributed by atoms with Gasteiger partial charge in [-0.1, -0.05) is 42.5 Å². The van der Waals surface area contributed by atoms with Gasteiger partial charge in [-0.05, 0) is 23.6 Å². The standard InChI is InChI=1S/C18H21NO3/c1-22-18(21)10-8-14-7-9-17(20)16(11-14)13-19-12-15-5-3-2-4-6-15/h2-7,9,11,19-20H,8,10,12-13H2,1H3.